The highest BCUT2D eigenvalue weighted by Gasteiger charge is 2.38. The third-order valence-electron chi connectivity index (χ3n) is 3.60. The number of imide groups is 1. The van der Waals surface area contributed by atoms with Gasteiger partial charge in [0.15, 0.2) is 0 Å². The second-order valence-corrected chi connectivity index (χ2v) is 5.14. The minimum atomic E-state index is -1.22. The molecule has 2 aromatic carbocycles. The predicted octanol–water partition coefficient (Wildman–Crippen LogP) is 2.22. The Morgan fingerprint density at radius 1 is 1.00 bits per heavy atom. The number of carbonyl (C=O) groups excluding carboxylic acids is 2. The van der Waals surface area contributed by atoms with E-state index < -0.39 is 24.0 Å². The number of hydroxylamine groups is 2. The van der Waals surface area contributed by atoms with Crippen molar-refractivity contribution in [3.05, 3.63) is 71.3 Å². The van der Waals surface area contributed by atoms with Crippen LogP contribution in [-0.2, 0) is 4.84 Å². The van der Waals surface area contributed by atoms with Gasteiger partial charge in [-0.2, -0.15) is 0 Å². The van der Waals surface area contributed by atoms with Gasteiger partial charge < -0.3 is 10.4 Å². The Labute approximate surface area is 137 Å². The minimum Gasteiger partial charge on any atom is -0.465 e. The summed E-state index contributed by atoms with van der Waals surface area (Å²) in [5.74, 6) is -1.13. The molecule has 122 valence electrons. The summed E-state index contributed by atoms with van der Waals surface area (Å²) in [5, 5.41) is 11.7. The average molecular weight is 326 g/mol. The number of nitrogens with one attached hydrogen (secondary N) is 1. The first kappa shape index (κ1) is 15.7. The molecule has 0 saturated carbocycles. The molecule has 0 saturated heterocycles. The van der Waals surface area contributed by atoms with Gasteiger partial charge in [0, 0.05) is 0 Å². The van der Waals surface area contributed by atoms with Gasteiger partial charge in [-0.05, 0) is 17.7 Å². The molecule has 1 aliphatic heterocycles. The molecule has 24 heavy (non-hydrogen) atoms. The maximum Gasteiger partial charge on any atom is 0.404 e. The molecule has 7 nitrogen and oxygen atoms in total. The van der Waals surface area contributed by atoms with Gasteiger partial charge in [0.1, 0.15) is 6.10 Å². The Balaban J connectivity index is 1.84. The quantitative estimate of drug-likeness (QED) is 0.821. The molecule has 2 N–H and O–H groups in total. The fraction of sp³-hybridized carbons (Fsp3) is 0.118. The highest BCUT2D eigenvalue weighted by Crippen LogP contribution is 2.27. The third kappa shape index (κ3) is 2.97. The number of amides is 3. The SMILES string of the molecule is O=C(O)NCC(ON1C(=O)c2ccccc2C1=O)c1ccccc1. The molecule has 2 aromatic rings. The lowest BCUT2D eigenvalue weighted by atomic mass is 10.1. The normalized spacial score (nSPS) is 14.4. The molecule has 1 unspecified atom stereocenters. The van der Waals surface area contributed by atoms with Crippen molar-refractivity contribution < 1.29 is 24.3 Å². The molecule has 3 rings (SSSR count). The van der Waals surface area contributed by atoms with Crippen LogP contribution in [0.15, 0.2) is 54.6 Å². The summed E-state index contributed by atoms with van der Waals surface area (Å²) in [6.07, 6.45) is -2.04. The number of hydrogen-bond acceptors (Lipinski definition) is 4. The monoisotopic (exact) mass is 326 g/mol. The Hall–Kier alpha value is -3.19. The van der Waals surface area contributed by atoms with Crippen LogP contribution in [0.5, 0.6) is 0 Å². The molecule has 0 aliphatic carbocycles. The van der Waals surface area contributed by atoms with Crippen molar-refractivity contribution in [2.45, 2.75) is 6.10 Å². The fourth-order valence-electron chi connectivity index (χ4n) is 2.45. The first-order valence-corrected chi connectivity index (χ1v) is 7.24. The Kier molecular flexibility index (Phi) is 4.26. The van der Waals surface area contributed by atoms with E-state index in [0.29, 0.717) is 10.6 Å². The van der Waals surface area contributed by atoms with Gasteiger partial charge in [0.25, 0.3) is 11.8 Å². The zero-order valence-corrected chi connectivity index (χ0v) is 12.5. The van der Waals surface area contributed by atoms with Crippen LogP contribution in [0.2, 0.25) is 0 Å². The van der Waals surface area contributed by atoms with Crippen molar-refractivity contribution in [1.29, 1.82) is 0 Å². The van der Waals surface area contributed by atoms with Crippen molar-refractivity contribution in [2.24, 2.45) is 0 Å². The molecule has 0 aromatic heterocycles. The van der Waals surface area contributed by atoms with Crippen molar-refractivity contribution in [3.63, 3.8) is 0 Å². The van der Waals surface area contributed by atoms with E-state index in [1.165, 1.54) is 0 Å². The second kappa shape index (κ2) is 6.51. The molecular weight excluding hydrogens is 312 g/mol. The summed E-state index contributed by atoms with van der Waals surface area (Å²) in [5.41, 5.74) is 1.17. The van der Waals surface area contributed by atoms with Crippen molar-refractivity contribution in [3.8, 4) is 0 Å². The molecule has 1 atom stereocenters. The lowest BCUT2D eigenvalue weighted by molar-refractivity contribution is -0.132. The Morgan fingerprint density at radius 3 is 2.08 bits per heavy atom. The zero-order chi connectivity index (χ0) is 17.1. The van der Waals surface area contributed by atoms with E-state index in [1.54, 1.807) is 54.6 Å². The van der Waals surface area contributed by atoms with Gasteiger partial charge >= 0.3 is 6.09 Å². The van der Waals surface area contributed by atoms with E-state index in [1.807, 2.05) is 0 Å². The van der Waals surface area contributed by atoms with E-state index in [9.17, 15) is 14.4 Å². The predicted molar refractivity (Wildman–Crippen MR) is 83.2 cm³/mol. The summed E-state index contributed by atoms with van der Waals surface area (Å²) in [7, 11) is 0. The standard InChI is InChI=1S/C17H14N2O5/c20-15-12-8-4-5-9-13(12)16(21)19(15)24-14(10-18-17(22)23)11-6-2-1-3-7-11/h1-9,14,18H,10H2,(H,22,23). The van der Waals surface area contributed by atoms with Crippen molar-refractivity contribution >= 4 is 17.9 Å². The van der Waals surface area contributed by atoms with Crippen LogP contribution in [0.1, 0.15) is 32.4 Å². The summed E-state index contributed by atoms with van der Waals surface area (Å²) in [6.45, 7) is -0.104. The molecule has 0 fully saturated rings. The molecule has 7 heteroatoms. The zero-order valence-electron chi connectivity index (χ0n) is 12.5. The van der Waals surface area contributed by atoms with Gasteiger partial charge in [0.2, 0.25) is 0 Å². The van der Waals surface area contributed by atoms with Gasteiger partial charge in [-0.15, -0.1) is 5.06 Å². The first-order chi connectivity index (χ1) is 11.6. The van der Waals surface area contributed by atoms with Crippen LogP contribution in [0.4, 0.5) is 4.79 Å². The summed E-state index contributed by atoms with van der Waals surface area (Å²) in [6, 6.07) is 15.2. The molecule has 0 radical (unpaired) electrons. The largest absolute Gasteiger partial charge is 0.465 e. The maximum absolute atomic E-state index is 12.4. The van der Waals surface area contributed by atoms with Crippen LogP contribution < -0.4 is 5.32 Å². The van der Waals surface area contributed by atoms with Crippen LogP contribution in [0.25, 0.3) is 0 Å². The highest BCUT2D eigenvalue weighted by molar-refractivity contribution is 6.20. The summed E-state index contributed by atoms with van der Waals surface area (Å²) >= 11 is 0. The topological polar surface area (TPSA) is 95.9 Å². The van der Waals surface area contributed by atoms with E-state index in [2.05, 4.69) is 5.32 Å². The molecule has 0 spiro atoms. The fourth-order valence-corrected chi connectivity index (χ4v) is 2.45. The number of nitrogens with zero attached hydrogens (tertiary/aromatic N) is 1. The number of carbonyl (C=O) groups is 3. The van der Waals surface area contributed by atoms with Crippen LogP contribution in [0.3, 0.4) is 0 Å². The van der Waals surface area contributed by atoms with Gasteiger partial charge in [0.05, 0.1) is 17.7 Å². The molecule has 1 aliphatic rings. The number of benzene rings is 2. The van der Waals surface area contributed by atoms with Gasteiger partial charge in [-0.1, -0.05) is 42.5 Å². The first-order valence-electron chi connectivity index (χ1n) is 7.24. The molecule has 1 heterocycles. The number of hydrogen-bond donors (Lipinski definition) is 2. The van der Waals surface area contributed by atoms with E-state index in [4.69, 9.17) is 9.94 Å². The van der Waals surface area contributed by atoms with Crippen LogP contribution in [0, 0.1) is 0 Å². The Morgan fingerprint density at radius 2 is 1.54 bits per heavy atom. The number of rotatable bonds is 5. The second-order valence-electron chi connectivity index (χ2n) is 5.14. The minimum absolute atomic E-state index is 0.104. The van der Waals surface area contributed by atoms with E-state index in [-0.39, 0.29) is 17.7 Å². The molecular formula is C17H14N2O5. The van der Waals surface area contributed by atoms with E-state index in [0.717, 1.165) is 0 Å². The van der Waals surface area contributed by atoms with Gasteiger partial charge in [-0.3, -0.25) is 14.4 Å². The maximum atomic E-state index is 12.4. The molecule has 0 bridgehead atoms. The van der Waals surface area contributed by atoms with Crippen molar-refractivity contribution in [1.82, 2.24) is 10.4 Å². The third-order valence-corrected chi connectivity index (χ3v) is 3.60. The van der Waals surface area contributed by atoms with E-state index >= 15 is 0 Å². The summed E-state index contributed by atoms with van der Waals surface area (Å²) < 4.78 is 0. The Bertz CT molecular complexity index is 756. The van der Waals surface area contributed by atoms with Gasteiger partial charge in [-0.25, -0.2) is 4.79 Å². The molecule has 3 amide bonds. The van der Waals surface area contributed by atoms with Crippen LogP contribution >= 0.6 is 0 Å². The highest BCUT2D eigenvalue weighted by atomic mass is 16.7. The summed E-state index contributed by atoms with van der Waals surface area (Å²) in [4.78, 5) is 41.0. The smallest absolute Gasteiger partial charge is 0.404 e. The lowest BCUT2D eigenvalue weighted by Gasteiger charge is -2.22. The number of fused-ring (bicyclic) bond motifs is 1. The lowest BCUT2D eigenvalue weighted by Crippen LogP contribution is -2.36. The van der Waals surface area contributed by atoms with Crippen LogP contribution in [-0.4, -0.2) is 34.6 Å². The number of carboxylic acid groups (broad SMARTS) is 1. The van der Waals surface area contributed by atoms with Crippen molar-refractivity contribution in [2.75, 3.05) is 6.54 Å². The average Bonchev–Trinajstić information content (AvgIpc) is 2.84.